The van der Waals surface area contributed by atoms with E-state index < -0.39 is 0 Å². The van der Waals surface area contributed by atoms with Crippen LogP contribution in [-0.2, 0) is 0 Å². The molecule has 1 unspecified atom stereocenters. The molecule has 1 aromatic carbocycles. The molecular formula is C14H18N4O. The number of carbonyl (C=O) groups excluding carboxylic acids is 1. The Hall–Kier alpha value is -2.30. The highest BCUT2D eigenvalue weighted by atomic mass is 16.1. The molecule has 19 heavy (non-hydrogen) atoms. The van der Waals surface area contributed by atoms with Gasteiger partial charge in [0.25, 0.3) is 5.91 Å². The quantitative estimate of drug-likeness (QED) is 0.771. The van der Waals surface area contributed by atoms with Gasteiger partial charge in [0.05, 0.1) is 11.6 Å². The van der Waals surface area contributed by atoms with E-state index in [1.54, 1.807) is 25.5 Å². The summed E-state index contributed by atoms with van der Waals surface area (Å²) < 4.78 is 0. The number of amides is 1. The van der Waals surface area contributed by atoms with E-state index in [9.17, 15) is 4.79 Å². The Bertz CT molecular complexity index is 536. The molecule has 2 aromatic rings. The highest BCUT2D eigenvalue weighted by Gasteiger charge is 2.17. The molecular weight excluding hydrogens is 240 g/mol. The molecule has 0 radical (unpaired) electrons. The van der Waals surface area contributed by atoms with Gasteiger partial charge in [0.2, 0.25) is 0 Å². The van der Waals surface area contributed by atoms with Crippen LogP contribution in [0.25, 0.3) is 0 Å². The zero-order chi connectivity index (χ0) is 13.7. The third-order valence-electron chi connectivity index (χ3n) is 3.00. The van der Waals surface area contributed by atoms with Gasteiger partial charge in [-0.25, -0.2) is 4.98 Å². The third kappa shape index (κ3) is 2.93. The van der Waals surface area contributed by atoms with Crippen LogP contribution in [0, 0.1) is 0 Å². The fourth-order valence-corrected chi connectivity index (χ4v) is 1.97. The second-order valence-electron chi connectivity index (χ2n) is 4.20. The monoisotopic (exact) mass is 258 g/mol. The molecule has 3 N–H and O–H groups in total. The van der Waals surface area contributed by atoms with Crippen molar-refractivity contribution in [2.45, 2.75) is 19.4 Å². The van der Waals surface area contributed by atoms with Gasteiger partial charge in [0.15, 0.2) is 0 Å². The third-order valence-corrected chi connectivity index (χ3v) is 3.00. The molecule has 0 saturated carbocycles. The smallest absolute Gasteiger partial charge is 0.253 e. The average Bonchev–Trinajstić information content (AvgIpc) is 2.98. The molecule has 100 valence electrons. The normalized spacial score (nSPS) is 11.9. The van der Waals surface area contributed by atoms with Crippen LogP contribution >= 0.6 is 0 Å². The van der Waals surface area contributed by atoms with E-state index >= 15 is 0 Å². The lowest BCUT2D eigenvalue weighted by molar-refractivity contribution is 0.0934. The molecule has 1 heterocycles. The van der Waals surface area contributed by atoms with Crippen LogP contribution in [0.15, 0.2) is 36.7 Å². The maximum Gasteiger partial charge on any atom is 0.253 e. The van der Waals surface area contributed by atoms with Crippen molar-refractivity contribution in [3.63, 3.8) is 0 Å². The molecule has 0 spiro atoms. The summed E-state index contributed by atoms with van der Waals surface area (Å²) in [7, 11) is 1.80. The lowest BCUT2D eigenvalue weighted by Crippen LogP contribution is -2.29. The van der Waals surface area contributed by atoms with Gasteiger partial charge in [-0.15, -0.1) is 0 Å². The van der Waals surface area contributed by atoms with Crippen LogP contribution in [0.1, 0.15) is 35.6 Å². The molecule has 0 aliphatic heterocycles. The van der Waals surface area contributed by atoms with Crippen molar-refractivity contribution in [2.24, 2.45) is 0 Å². The summed E-state index contributed by atoms with van der Waals surface area (Å²) in [6.07, 6.45) is 4.22. The minimum Gasteiger partial charge on any atom is -0.387 e. The summed E-state index contributed by atoms with van der Waals surface area (Å²) in [6, 6.07) is 7.32. The highest BCUT2D eigenvalue weighted by molar-refractivity contribution is 5.99. The number of para-hydroxylation sites is 1. The van der Waals surface area contributed by atoms with Crippen molar-refractivity contribution in [2.75, 3.05) is 12.4 Å². The fraction of sp³-hybridized carbons (Fsp3) is 0.286. The Kier molecular flexibility index (Phi) is 4.18. The molecule has 5 heteroatoms. The fourth-order valence-electron chi connectivity index (χ4n) is 1.97. The van der Waals surface area contributed by atoms with Crippen molar-refractivity contribution in [1.29, 1.82) is 0 Å². The number of nitrogens with one attached hydrogen (secondary N) is 3. The van der Waals surface area contributed by atoms with Crippen molar-refractivity contribution in [3.8, 4) is 0 Å². The summed E-state index contributed by atoms with van der Waals surface area (Å²) >= 11 is 0. The molecule has 1 amide bonds. The maximum atomic E-state index is 12.3. The van der Waals surface area contributed by atoms with E-state index in [4.69, 9.17) is 0 Å². The number of anilines is 1. The van der Waals surface area contributed by atoms with Crippen molar-refractivity contribution in [1.82, 2.24) is 15.3 Å². The van der Waals surface area contributed by atoms with Crippen molar-refractivity contribution >= 4 is 11.6 Å². The first-order chi connectivity index (χ1) is 9.26. The second-order valence-corrected chi connectivity index (χ2v) is 4.20. The number of rotatable bonds is 5. The van der Waals surface area contributed by atoms with Gasteiger partial charge in [0.1, 0.15) is 5.82 Å². The average molecular weight is 258 g/mol. The SMILES string of the molecule is CCC(NC(=O)c1ccccc1NC)c1ncc[nH]1. The molecule has 0 bridgehead atoms. The van der Waals surface area contributed by atoms with E-state index in [1.165, 1.54) is 0 Å². The molecule has 0 fully saturated rings. The van der Waals surface area contributed by atoms with Gasteiger partial charge in [-0.1, -0.05) is 19.1 Å². The van der Waals surface area contributed by atoms with E-state index in [0.717, 1.165) is 17.9 Å². The van der Waals surface area contributed by atoms with Gasteiger partial charge in [-0.05, 0) is 18.6 Å². The number of H-pyrrole nitrogens is 1. The minimum atomic E-state index is -0.104. The van der Waals surface area contributed by atoms with E-state index in [1.807, 2.05) is 25.1 Å². The molecule has 1 atom stereocenters. The standard InChI is InChI=1S/C14H18N4O/c1-3-11(13-16-8-9-17-13)18-14(19)10-6-4-5-7-12(10)15-2/h4-9,11,15H,3H2,1-2H3,(H,16,17)(H,18,19). The van der Waals surface area contributed by atoms with Gasteiger partial charge >= 0.3 is 0 Å². The lowest BCUT2D eigenvalue weighted by atomic mass is 10.1. The summed E-state index contributed by atoms with van der Waals surface area (Å²) in [6.45, 7) is 2.01. The van der Waals surface area contributed by atoms with Crippen LogP contribution in [0.3, 0.4) is 0 Å². The molecule has 0 aliphatic carbocycles. The Morgan fingerprint density at radius 1 is 1.42 bits per heavy atom. The zero-order valence-electron chi connectivity index (χ0n) is 11.1. The number of aromatic nitrogens is 2. The highest BCUT2D eigenvalue weighted by Crippen LogP contribution is 2.17. The Balaban J connectivity index is 2.16. The predicted molar refractivity (Wildman–Crippen MR) is 75.1 cm³/mol. The topological polar surface area (TPSA) is 69.8 Å². The first-order valence-corrected chi connectivity index (χ1v) is 6.33. The van der Waals surface area contributed by atoms with E-state index in [-0.39, 0.29) is 11.9 Å². The van der Waals surface area contributed by atoms with Gasteiger partial charge in [-0.3, -0.25) is 4.79 Å². The Labute approximate surface area is 112 Å². The molecule has 0 saturated heterocycles. The maximum absolute atomic E-state index is 12.3. The van der Waals surface area contributed by atoms with Crippen LogP contribution in [0.2, 0.25) is 0 Å². The van der Waals surface area contributed by atoms with Crippen LogP contribution in [-0.4, -0.2) is 22.9 Å². The van der Waals surface area contributed by atoms with Gasteiger partial charge in [0, 0.05) is 25.1 Å². The molecule has 0 aliphatic rings. The zero-order valence-corrected chi connectivity index (χ0v) is 11.1. The lowest BCUT2D eigenvalue weighted by Gasteiger charge is -2.16. The Morgan fingerprint density at radius 2 is 2.21 bits per heavy atom. The summed E-state index contributed by atoms with van der Waals surface area (Å²) in [5, 5.41) is 6.01. The van der Waals surface area contributed by atoms with E-state index in [0.29, 0.717) is 5.56 Å². The Morgan fingerprint density at radius 3 is 2.84 bits per heavy atom. The second kappa shape index (κ2) is 6.04. The number of hydrogen-bond acceptors (Lipinski definition) is 3. The van der Waals surface area contributed by atoms with Crippen LogP contribution in [0.4, 0.5) is 5.69 Å². The number of imidazole rings is 1. The van der Waals surface area contributed by atoms with E-state index in [2.05, 4.69) is 20.6 Å². The first-order valence-electron chi connectivity index (χ1n) is 6.33. The minimum absolute atomic E-state index is 0.104. The number of benzene rings is 1. The predicted octanol–water partition coefficient (Wildman–Crippen LogP) is 2.33. The number of hydrogen-bond donors (Lipinski definition) is 3. The van der Waals surface area contributed by atoms with Crippen LogP contribution in [0.5, 0.6) is 0 Å². The summed E-state index contributed by atoms with van der Waals surface area (Å²) in [4.78, 5) is 19.5. The molecule has 2 rings (SSSR count). The van der Waals surface area contributed by atoms with Crippen molar-refractivity contribution in [3.05, 3.63) is 48.0 Å². The largest absolute Gasteiger partial charge is 0.387 e. The first kappa shape index (κ1) is 13.1. The van der Waals surface area contributed by atoms with Crippen molar-refractivity contribution < 1.29 is 4.79 Å². The molecule has 1 aromatic heterocycles. The molecule has 5 nitrogen and oxygen atoms in total. The van der Waals surface area contributed by atoms with Gasteiger partial charge < -0.3 is 15.6 Å². The number of carbonyl (C=O) groups is 1. The van der Waals surface area contributed by atoms with Crippen LogP contribution < -0.4 is 10.6 Å². The number of aromatic amines is 1. The number of nitrogens with zero attached hydrogens (tertiary/aromatic N) is 1. The summed E-state index contributed by atoms with van der Waals surface area (Å²) in [5.74, 6) is 0.672. The van der Waals surface area contributed by atoms with Gasteiger partial charge in [-0.2, -0.15) is 0 Å². The summed E-state index contributed by atoms with van der Waals surface area (Å²) in [5.41, 5.74) is 1.45.